The van der Waals surface area contributed by atoms with Crippen LogP contribution in [0.1, 0.15) is 56.9 Å². The first-order valence-corrected chi connectivity index (χ1v) is 8.40. The van der Waals surface area contributed by atoms with Crippen LogP contribution in [0, 0.1) is 0 Å². The molecule has 0 spiro atoms. The molecule has 8 heteroatoms. The van der Waals surface area contributed by atoms with E-state index in [2.05, 4.69) is 10.3 Å². The average Bonchev–Trinajstić information content (AvgIpc) is 3.02. The van der Waals surface area contributed by atoms with E-state index in [1.54, 1.807) is 11.8 Å². The van der Waals surface area contributed by atoms with Gasteiger partial charge in [0.1, 0.15) is 6.26 Å². The SMILES string of the molecule is CCOC(=O)c1coc(NC2CC(CC)N(C(=O)O)C(CC)C2)n1. The van der Waals surface area contributed by atoms with Gasteiger partial charge in [0.25, 0.3) is 6.01 Å². The number of nitrogens with one attached hydrogen (secondary N) is 1. The highest BCUT2D eigenvalue weighted by atomic mass is 16.5. The number of aromatic nitrogens is 1. The number of carboxylic acid groups (broad SMARTS) is 1. The van der Waals surface area contributed by atoms with Crippen LogP contribution < -0.4 is 5.32 Å². The van der Waals surface area contributed by atoms with E-state index in [-0.39, 0.29) is 36.4 Å². The molecule has 1 fully saturated rings. The number of piperidine rings is 1. The molecule has 134 valence electrons. The van der Waals surface area contributed by atoms with Gasteiger partial charge in [0.2, 0.25) is 0 Å². The summed E-state index contributed by atoms with van der Waals surface area (Å²) < 4.78 is 10.2. The summed E-state index contributed by atoms with van der Waals surface area (Å²) in [5, 5.41) is 12.6. The first-order valence-electron chi connectivity index (χ1n) is 8.40. The van der Waals surface area contributed by atoms with E-state index in [4.69, 9.17) is 9.15 Å². The highest BCUT2D eigenvalue weighted by Gasteiger charge is 2.37. The van der Waals surface area contributed by atoms with Gasteiger partial charge in [-0.2, -0.15) is 4.98 Å². The zero-order chi connectivity index (χ0) is 17.7. The molecule has 2 unspecified atom stereocenters. The number of carbonyl (C=O) groups excluding carboxylic acids is 1. The largest absolute Gasteiger partial charge is 0.465 e. The van der Waals surface area contributed by atoms with Crippen LogP contribution in [0.25, 0.3) is 0 Å². The lowest BCUT2D eigenvalue weighted by Crippen LogP contribution is -2.54. The fourth-order valence-corrected chi connectivity index (χ4v) is 3.25. The predicted molar refractivity (Wildman–Crippen MR) is 87.1 cm³/mol. The minimum Gasteiger partial charge on any atom is -0.465 e. The van der Waals surface area contributed by atoms with Crippen LogP contribution in [0.3, 0.4) is 0 Å². The van der Waals surface area contributed by atoms with Gasteiger partial charge in [0.05, 0.1) is 6.61 Å². The minimum absolute atomic E-state index is 0.0433. The van der Waals surface area contributed by atoms with Crippen LogP contribution in [-0.4, -0.2) is 51.8 Å². The third-order valence-electron chi connectivity index (χ3n) is 4.38. The maximum absolute atomic E-state index is 11.6. The van der Waals surface area contributed by atoms with Crippen molar-refractivity contribution in [3.8, 4) is 0 Å². The highest BCUT2D eigenvalue weighted by Crippen LogP contribution is 2.29. The van der Waals surface area contributed by atoms with Gasteiger partial charge >= 0.3 is 12.1 Å². The van der Waals surface area contributed by atoms with Gasteiger partial charge in [-0.05, 0) is 32.6 Å². The van der Waals surface area contributed by atoms with E-state index in [1.165, 1.54) is 6.26 Å². The number of amides is 1. The lowest BCUT2D eigenvalue weighted by Gasteiger charge is -2.43. The van der Waals surface area contributed by atoms with E-state index in [0.29, 0.717) is 12.8 Å². The number of esters is 1. The highest BCUT2D eigenvalue weighted by molar-refractivity contribution is 5.87. The third-order valence-corrected chi connectivity index (χ3v) is 4.38. The molecule has 1 aromatic rings. The molecule has 2 heterocycles. The number of anilines is 1. The molecule has 1 amide bonds. The Kier molecular flexibility index (Phi) is 6.05. The van der Waals surface area contributed by atoms with E-state index in [1.807, 2.05) is 13.8 Å². The number of ether oxygens (including phenoxy) is 1. The van der Waals surface area contributed by atoms with Gasteiger partial charge in [-0.25, -0.2) is 9.59 Å². The van der Waals surface area contributed by atoms with Gasteiger partial charge in [-0.15, -0.1) is 0 Å². The van der Waals surface area contributed by atoms with Crippen LogP contribution in [0.4, 0.5) is 10.8 Å². The van der Waals surface area contributed by atoms with Crippen molar-refractivity contribution in [2.75, 3.05) is 11.9 Å². The van der Waals surface area contributed by atoms with Gasteiger partial charge in [-0.3, -0.25) is 0 Å². The number of hydrogen-bond acceptors (Lipinski definition) is 6. The Hall–Kier alpha value is -2.25. The predicted octanol–water partition coefficient (Wildman–Crippen LogP) is 2.96. The van der Waals surface area contributed by atoms with Gasteiger partial charge in [0, 0.05) is 18.1 Å². The Labute approximate surface area is 141 Å². The van der Waals surface area contributed by atoms with E-state index < -0.39 is 12.1 Å². The zero-order valence-corrected chi connectivity index (χ0v) is 14.3. The van der Waals surface area contributed by atoms with Crippen LogP contribution in [0.5, 0.6) is 0 Å². The fraction of sp³-hybridized carbons (Fsp3) is 0.688. The molecule has 0 aromatic carbocycles. The number of nitrogens with zero attached hydrogens (tertiary/aromatic N) is 2. The van der Waals surface area contributed by atoms with Crippen molar-refractivity contribution < 1.29 is 23.8 Å². The zero-order valence-electron chi connectivity index (χ0n) is 14.3. The Morgan fingerprint density at radius 2 is 1.96 bits per heavy atom. The van der Waals surface area contributed by atoms with Crippen molar-refractivity contribution in [1.82, 2.24) is 9.88 Å². The second kappa shape index (κ2) is 8.03. The number of rotatable bonds is 6. The van der Waals surface area contributed by atoms with E-state index in [0.717, 1.165) is 12.8 Å². The second-order valence-corrected chi connectivity index (χ2v) is 5.89. The summed E-state index contributed by atoms with van der Waals surface area (Å²) in [5.74, 6) is -0.520. The normalized spacial score (nSPS) is 23.8. The Balaban J connectivity index is 2.05. The molecule has 1 saturated heterocycles. The maximum atomic E-state index is 11.6. The molecule has 0 aliphatic carbocycles. The molecule has 2 N–H and O–H groups in total. The summed E-state index contributed by atoms with van der Waals surface area (Å²) in [7, 11) is 0. The molecule has 2 atom stereocenters. The summed E-state index contributed by atoms with van der Waals surface area (Å²) in [5.41, 5.74) is 0.126. The van der Waals surface area contributed by atoms with Crippen molar-refractivity contribution in [3.05, 3.63) is 12.0 Å². The lowest BCUT2D eigenvalue weighted by atomic mass is 9.89. The maximum Gasteiger partial charge on any atom is 0.407 e. The summed E-state index contributed by atoms with van der Waals surface area (Å²) in [6.45, 7) is 5.97. The Bertz CT molecular complexity index is 560. The molecule has 8 nitrogen and oxygen atoms in total. The molecule has 0 bridgehead atoms. The van der Waals surface area contributed by atoms with Crippen molar-refractivity contribution >= 4 is 18.1 Å². The average molecular weight is 339 g/mol. The first kappa shape index (κ1) is 18.1. The van der Waals surface area contributed by atoms with Gasteiger partial charge in [-0.1, -0.05) is 13.8 Å². The summed E-state index contributed by atoms with van der Waals surface area (Å²) >= 11 is 0. The molecule has 0 radical (unpaired) electrons. The fourth-order valence-electron chi connectivity index (χ4n) is 3.25. The van der Waals surface area contributed by atoms with Crippen LogP contribution >= 0.6 is 0 Å². The first-order chi connectivity index (χ1) is 11.5. The Morgan fingerprint density at radius 1 is 1.33 bits per heavy atom. The van der Waals surface area contributed by atoms with Gasteiger partial charge in [0.15, 0.2) is 5.69 Å². The molecule has 2 rings (SSSR count). The topological polar surface area (TPSA) is 105 Å². The second-order valence-electron chi connectivity index (χ2n) is 5.89. The van der Waals surface area contributed by atoms with Crippen molar-refractivity contribution in [3.63, 3.8) is 0 Å². The van der Waals surface area contributed by atoms with Crippen molar-refractivity contribution in [1.29, 1.82) is 0 Å². The minimum atomic E-state index is -0.868. The summed E-state index contributed by atoms with van der Waals surface area (Å²) in [6.07, 6.45) is 3.25. The van der Waals surface area contributed by atoms with E-state index >= 15 is 0 Å². The number of oxazole rings is 1. The molecule has 24 heavy (non-hydrogen) atoms. The molecule has 1 aliphatic heterocycles. The standard InChI is InChI=1S/C16H25N3O5/c1-4-11-7-10(8-12(5-2)19(11)16(21)22)17-15-18-13(9-24-15)14(20)23-6-3/h9-12H,4-8H2,1-3H3,(H,17,18)(H,21,22). The van der Waals surface area contributed by atoms with Crippen molar-refractivity contribution in [2.45, 2.75) is 64.6 Å². The summed E-state index contributed by atoms with van der Waals surface area (Å²) in [4.78, 5) is 28.8. The number of carbonyl (C=O) groups is 2. The number of hydrogen-bond donors (Lipinski definition) is 2. The van der Waals surface area contributed by atoms with Crippen molar-refractivity contribution in [2.24, 2.45) is 0 Å². The smallest absolute Gasteiger partial charge is 0.407 e. The number of likely N-dealkylation sites (tertiary alicyclic amines) is 1. The summed E-state index contributed by atoms with van der Waals surface area (Å²) in [6, 6.07) is 0.220. The van der Waals surface area contributed by atoms with E-state index in [9.17, 15) is 14.7 Å². The molecular formula is C16H25N3O5. The molecular weight excluding hydrogens is 314 g/mol. The Morgan fingerprint density at radius 3 is 2.46 bits per heavy atom. The quantitative estimate of drug-likeness (QED) is 0.768. The van der Waals surface area contributed by atoms with Crippen LogP contribution in [0.2, 0.25) is 0 Å². The molecule has 1 aliphatic rings. The van der Waals surface area contributed by atoms with Crippen LogP contribution in [0.15, 0.2) is 10.7 Å². The van der Waals surface area contributed by atoms with Gasteiger partial charge < -0.3 is 24.5 Å². The van der Waals surface area contributed by atoms with Crippen LogP contribution in [-0.2, 0) is 4.74 Å². The monoisotopic (exact) mass is 339 g/mol. The lowest BCUT2D eigenvalue weighted by molar-refractivity contribution is 0.0518. The molecule has 1 aromatic heterocycles. The third kappa shape index (κ3) is 3.98. The molecule has 0 saturated carbocycles.